The highest BCUT2D eigenvalue weighted by atomic mass is 32.2. The number of benzene rings is 2. The zero-order valence-corrected chi connectivity index (χ0v) is 12.2. The number of nitrogens with one attached hydrogen (secondary N) is 1. The van der Waals surface area contributed by atoms with E-state index < -0.39 is 9.84 Å². The molecule has 0 aliphatic carbocycles. The Balaban J connectivity index is 2.14. The first-order chi connectivity index (χ1) is 9.49. The van der Waals surface area contributed by atoms with Crippen LogP contribution in [0.2, 0.25) is 0 Å². The molecule has 0 radical (unpaired) electrons. The second kappa shape index (κ2) is 5.88. The minimum atomic E-state index is -3.15. The van der Waals surface area contributed by atoms with Crippen molar-refractivity contribution in [2.24, 2.45) is 4.99 Å². The maximum Gasteiger partial charge on any atom is 0.175 e. The van der Waals surface area contributed by atoms with Crippen LogP contribution in [0.5, 0.6) is 0 Å². The van der Waals surface area contributed by atoms with Crippen LogP contribution >= 0.6 is 0 Å². The van der Waals surface area contributed by atoms with Crippen LogP contribution in [0, 0.1) is 0 Å². The lowest BCUT2D eigenvalue weighted by Crippen LogP contribution is -1.95. The van der Waals surface area contributed by atoms with E-state index in [0.717, 1.165) is 16.9 Å². The normalized spacial score (nSPS) is 11.7. The van der Waals surface area contributed by atoms with Crippen molar-refractivity contribution in [3.8, 4) is 0 Å². The smallest absolute Gasteiger partial charge is 0.175 e. The highest BCUT2D eigenvalue weighted by molar-refractivity contribution is 7.90. The van der Waals surface area contributed by atoms with Crippen LogP contribution in [0.25, 0.3) is 0 Å². The van der Waals surface area contributed by atoms with Gasteiger partial charge in [-0.2, -0.15) is 0 Å². The Kier molecular flexibility index (Phi) is 4.20. The van der Waals surface area contributed by atoms with Gasteiger partial charge in [0.2, 0.25) is 0 Å². The largest absolute Gasteiger partial charge is 0.388 e. The summed E-state index contributed by atoms with van der Waals surface area (Å²) in [6.45, 7) is 0. The topological polar surface area (TPSA) is 58.5 Å². The van der Waals surface area contributed by atoms with Crippen molar-refractivity contribution in [3.05, 3.63) is 54.1 Å². The first kappa shape index (κ1) is 14.3. The molecule has 104 valence electrons. The number of hydrogen-bond donors (Lipinski definition) is 1. The lowest BCUT2D eigenvalue weighted by molar-refractivity contribution is 0.602. The van der Waals surface area contributed by atoms with Crippen LogP contribution in [0.15, 0.2) is 58.4 Å². The van der Waals surface area contributed by atoms with Crippen molar-refractivity contribution in [2.45, 2.75) is 4.90 Å². The molecule has 2 aromatic carbocycles. The number of rotatable bonds is 4. The molecule has 5 heteroatoms. The Labute approximate surface area is 119 Å². The van der Waals surface area contributed by atoms with Gasteiger partial charge in [-0.15, -0.1) is 0 Å². The van der Waals surface area contributed by atoms with Gasteiger partial charge < -0.3 is 5.32 Å². The fourth-order valence-corrected chi connectivity index (χ4v) is 2.29. The van der Waals surface area contributed by atoms with Crippen LogP contribution in [0.4, 0.5) is 11.4 Å². The number of anilines is 1. The molecule has 0 aliphatic heterocycles. The van der Waals surface area contributed by atoms with Crippen molar-refractivity contribution >= 4 is 27.4 Å². The van der Waals surface area contributed by atoms with Crippen molar-refractivity contribution in [1.82, 2.24) is 0 Å². The zero-order valence-electron chi connectivity index (χ0n) is 11.4. The Morgan fingerprint density at radius 1 is 1.00 bits per heavy atom. The van der Waals surface area contributed by atoms with E-state index in [0.29, 0.717) is 4.90 Å². The van der Waals surface area contributed by atoms with Crippen molar-refractivity contribution in [2.75, 3.05) is 18.6 Å². The number of aliphatic imine (C=N–C) groups is 1. The predicted molar refractivity (Wildman–Crippen MR) is 82.8 cm³/mol. The van der Waals surface area contributed by atoms with E-state index in [9.17, 15) is 8.42 Å². The Hall–Kier alpha value is -2.14. The van der Waals surface area contributed by atoms with Gasteiger partial charge in [0.15, 0.2) is 9.84 Å². The fourth-order valence-electron chi connectivity index (χ4n) is 1.66. The highest BCUT2D eigenvalue weighted by Gasteiger charge is 2.05. The molecule has 0 amide bonds. The average molecular weight is 288 g/mol. The Bertz CT molecular complexity index is 703. The molecule has 0 fully saturated rings. The molecule has 0 aromatic heterocycles. The van der Waals surface area contributed by atoms with E-state index in [-0.39, 0.29) is 0 Å². The van der Waals surface area contributed by atoms with Gasteiger partial charge in [-0.25, -0.2) is 8.42 Å². The third kappa shape index (κ3) is 3.68. The van der Waals surface area contributed by atoms with Gasteiger partial charge in [-0.3, -0.25) is 4.99 Å². The van der Waals surface area contributed by atoms with Crippen LogP contribution in [-0.4, -0.2) is 27.9 Å². The maximum atomic E-state index is 11.3. The number of hydrogen-bond acceptors (Lipinski definition) is 4. The van der Waals surface area contributed by atoms with E-state index in [4.69, 9.17) is 0 Å². The first-order valence-electron chi connectivity index (χ1n) is 6.11. The molecule has 2 rings (SSSR count). The van der Waals surface area contributed by atoms with E-state index >= 15 is 0 Å². The molecule has 0 atom stereocenters. The van der Waals surface area contributed by atoms with E-state index in [2.05, 4.69) is 10.3 Å². The molecular weight excluding hydrogens is 272 g/mol. The van der Waals surface area contributed by atoms with Gasteiger partial charge >= 0.3 is 0 Å². The zero-order chi connectivity index (χ0) is 14.6. The van der Waals surface area contributed by atoms with Crippen LogP contribution < -0.4 is 5.32 Å². The maximum absolute atomic E-state index is 11.3. The SMILES string of the molecule is CNc1ccc(C=Nc2ccc(S(C)(=O)=O)cc2)cc1. The second-order valence-corrected chi connectivity index (χ2v) is 6.41. The van der Waals surface area contributed by atoms with Crippen LogP contribution in [0.3, 0.4) is 0 Å². The fraction of sp³-hybridized carbons (Fsp3) is 0.133. The molecule has 20 heavy (non-hydrogen) atoms. The predicted octanol–water partition coefficient (Wildman–Crippen LogP) is 2.88. The Morgan fingerprint density at radius 3 is 2.10 bits per heavy atom. The highest BCUT2D eigenvalue weighted by Crippen LogP contribution is 2.16. The summed E-state index contributed by atoms with van der Waals surface area (Å²) in [6, 6.07) is 14.4. The first-order valence-corrected chi connectivity index (χ1v) is 8.00. The number of sulfone groups is 1. The van der Waals surface area contributed by atoms with E-state index in [1.54, 1.807) is 30.5 Å². The molecule has 0 bridgehead atoms. The molecule has 0 saturated carbocycles. The quantitative estimate of drug-likeness (QED) is 0.880. The number of nitrogens with zero attached hydrogens (tertiary/aromatic N) is 1. The van der Waals surface area contributed by atoms with Gasteiger partial charge in [0.05, 0.1) is 10.6 Å². The monoisotopic (exact) mass is 288 g/mol. The van der Waals surface area contributed by atoms with Crippen LogP contribution in [-0.2, 0) is 9.84 Å². The van der Waals surface area contributed by atoms with Gasteiger partial charge in [0, 0.05) is 25.2 Å². The van der Waals surface area contributed by atoms with Crippen molar-refractivity contribution < 1.29 is 8.42 Å². The van der Waals surface area contributed by atoms with E-state index in [1.807, 2.05) is 31.3 Å². The van der Waals surface area contributed by atoms with Gasteiger partial charge in [0.25, 0.3) is 0 Å². The minimum Gasteiger partial charge on any atom is -0.388 e. The summed E-state index contributed by atoms with van der Waals surface area (Å²) in [7, 11) is -1.29. The van der Waals surface area contributed by atoms with Crippen LogP contribution in [0.1, 0.15) is 5.56 Å². The molecule has 2 aromatic rings. The lowest BCUT2D eigenvalue weighted by Gasteiger charge is -2.00. The van der Waals surface area contributed by atoms with Gasteiger partial charge in [0.1, 0.15) is 0 Å². The average Bonchev–Trinajstić information content (AvgIpc) is 2.45. The van der Waals surface area contributed by atoms with Gasteiger partial charge in [-0.1, -0.05) is 12.1 Å². The molecule has 0 unspecified atom stereocenters. The third-order valence-electron chi connectivity index (χ3n) is 2.83. The second-order valence-electron chi connectivity index (χ2n) is 4.40. The van der Waals surface area contributed by atoms with E-state index in [1.165, 1.54) is 6.26 Å². The van der Waals surface area contributed by atoms with Crippen molar-refractivity contribution in [3.63, 3.8) is 0 Å². The van der Waals surface area contributed by atoms with Gasteiger partial charge in [-0.05, 0) is 42.0 Å². The standard InChI is InChI=1S/C15H16N2O2S/c1-16-13-5-3-12(4-6-13)11-17-14-7-9-15(10-8-14)20(2,18)19/h3-11,16H,1-2H3. The molecular formula is C15H16N2O2S. The summed E-state index contributed by atoms with van der Waals surface area (Å²) in [4.78, 5) is 4.62. The lowest BCUT2D eigenvalue weighted by atomic mass is 10.2. The molecule has 0 aliphatic rings. The minimum absolute atomic E-state index is 0.301. The molecule has 4 nitrogen and oxygen atoms in total. The summed E-state index contributed by atoms with van der Waals surface area (Å²) in [5, 5.41) is 3.05. The molecule has 0 spiro atoms. The molecule has 0 heterocycles. The summed E-state index contributed by atoms with van der Waals surface area (Å²) in [5.41, 5.74) is 2.74. The Morgan fingerprint density at radius 2 is 1.60 bits per heavy atom. The molecule has 0 saturated heterocycles. The summed E-state index contributed by atoms with van der Waals surface area (Å²) < 4.78 is 22.7. The third-order valence-corrected chi connectivity index (χ3v) is 3.96. The van der Waals surface area contributed by atoms with Crippen molar-refractivity contribution in [1.29, 1.82) is 0 Å². The summed E-state index contributed by atoms with van der Waals surface area (Å²) in [5.74, 6) is 0. The molecule has 1 N–H and O–H groups in total. The summed E-state index contributed by atoms with van der Waals surface area (Å²) in [6.07, 6.45) is 2.93. The summed E-state index contributed by atoms with van der Waals surface area (Å²) >= 11 is 0.